The Balaban J connectivity index is 1.53. The van der Waals surface area contributed by atoms with Crippen LogP contribution in [0.4, 0.5) is 14.5 Å². The van der Waals surface area contributed by atoms with Gasteiger partial charge in [-0.2, -0.15) is 0 Å². The zero-order valence-electron chi connectivity index (χ0n) is 15.7. The number of ether oxygens (including phenoxy) is 1. The summed E-state index contributed by atoms with van der Waals surface area (Å²) in [6, 6.07) is 19.8. The molecule has 30 heavy (non-hydrogen) atoms. The molecule has 4 rings (SSSR count). The first kappa shape index (κ1) is 19.3. The number of nitrogens with zero attached hydrogens (tertiary/aromatic N) is 1. The first-order chi connectivity index (χ1) is 14.6. The maximum atomic E-state index is 13.8. The van der Waals surface area contributed by atoms with Crippen molar-refractivity contribution in [1.82, 2.24) is 4.98 Å². The monoisotopic (exact) mass is 402 g/mol. The van der Waals surface area contributed by atoms with Crippen LogP contribution < -0.4 is 10.1 Å². The molecular weight excluding hydrogens is 386 g/mol. The van der Waals surface area contributed by atoms with Gasteiger partial charge in [0.15, 0.2) is 0 Å². The normalized spacial score (nSPS) is 10.5. The van der Waals surface area contributed by atoms with Crippen molar-refractivity contribution in [2.24, 2.45) is 0 Å². The highest BCUT2D eigenvalue weighted by Crippen LogP contribution is 2.30. The highest BCUT2D eigenvalue weighted by atomic mass is 19.1. The summed E-state index contributed by atoms with van der Waals surface area (Å²) in [5, 5.41) is 2.79. The van der Waals surface area contributed by atoms with E-state index in [1.165, 1.54) is 42.5 Å². The van der Waals surface area contributed by atoms with Gasteiger partial charge in [0, 0.05) is 23.0 Å². The summed E-state index contributed by atoms with van der Waals surface area (Å²) in [6.45, 7) is 0. The van der Waals surface area contributed by atoms with Gasteiger partial charge in [-0.25, -0.2) is 8.78 Å². The van der Waals surface area contributed by atoms with Crippen LogP contribution >= 0.6 is 0 Å². The predicted octanol–water partition coefficient (Wildman–Crippen LogP) is 6.07. The van der Waals surface area contributed by atoms with Gasteiger partial charge in [-0.15, -0.1) is 0 Å². The molecule has 1 N–H and O–H groups in total. The topological polar surface area (TPSA) is 51.2 Å². The highest BCUT2D eigenvalue weighted by Gasteiger charge is 2.12. The molecule has 1 heterocycles. The largest absolute Gasteiger partial charge is 0.456 e. The van der Waals surface area contributed by atoms with Gasteiger partial charge < -0.3 is 10.1 Å². The smallest absolute Gasteiger partial charge is 0.255 e. The number of rotatable bonds is 5. The molecule has 4 aromatic rings. The summed E-state index contributed by atoms with van der Waals surface area (Å²) in [7, 11) is 0. The predicted molar refractivity (Wildman–Crippen MR) is 111 cm³/mol. The number of halogens is 2. The molecule has 0 unspecified atom stereocenters. The Kier molecular flexibility index (Phi) is 5.48. The average Bonchev–Trinajstić information content (AvgIpc) is 2.77. The summed E-state index contributed by atoms with van der Waals surface area (Å²) in [4.78, 5) is 16.7. The van der Waals surface area contributed by atoms with Crippen molar-refractivity contribution in [3.8, 4) is 22.6 Å². The number of nitrogens with one attached hydrogen (secondary N) is 1. The number of hydrogen-bond donors (Lipinski definition) is 1. The lowest BCUT2D eigenvalue weighted by Gasteiger charge is -2.12. The molecule has 4 nitrogen and oxygen atoms in total. The Morgan fingerprint density at radius 1 is 0.833 bits per heavy atom. The van der Waals surface area contributed by atoms with Crippen LogP contribution in [-0.2, 0) is 0 Å². The second-order valence-electron chi connectivity index (χ2n) is 6.47. The number of pyridine rings is 1. The van der Waals surface area contributed by atoms with Crippen LogP contribution in [-0.4, -0.2) is 10.9 Å². The van der Waals surface area contributed by atoms with Crippen LogP contribution in [0.3, 0.4) is 0 Å². The highest BCUT2D eigenvalue weighted by molar-refractivity contribution is 6.06. The number of carbonyl (C=O) groups is 1. The molecule has 0 saturated heterocycles. The van der Waals surface area contributed by atoms with E-state index < -0.39 is 11.6 Å². The minimum absolute atomic E-state index is 0.363. The second kappa shape index (κ2) is 8.53. The zero-order valence-corrected chi connectivity index (χ0v) is 15.7. The molecule has 1 amide bonds. The minimum Gasteiger partial charge on any atom is -0.456 e. The van der Waals surface area contributed by atoms with E-state index >= 15 is 0 Å². The molecule has 0 saturated carbocycles. The summed E-state index contributed by atoms with van der Waals surface area (Å²) in [5.41, 5.74) is 1.87. The Hall–Kier alpha value is -4.06. The Morgan fingerprint density at radius 3 is 2.27 bits per heavy atom. The van der Waals surface area contributed by atoms with E-state index in [1.54, 1.807) is 48.8 Å². The minimum atomic E-state index is -0.454. The maximum Gasteiger partial charge on any atom is 0.255 e. The number of amides is 1. The summed E-state index contributed by atoms with van der Waals surface area (Å²) >= 11 is 0. The van der Waals surface area contributed by atoms with Crippen LogP contribution in [0, 0.1) is 11.6 Å². The van der Waals surface area contributed by atoms with Gasteiger partial charge in [0.2, 0.25) is 0 Å². The quantitative estimate of drug-likeness (QED) is 0.441. The lowest BCUT2D eigenvalue weighted by atomic mass is 10.0. The average molecular weight is 402 g/mol. The fraction of sp³-hybridized carbons (Fsp3) is 0. The van der Waals surface area contributed by atoms with Crippen molar-refractivity contribution in [1.29, 1.82) is 0 Å². The Labute approximate surface area is 171 Å². The SMILES string of the molecule is O=C(Nc1ccc(F)cc1-c1ccc(F)cc1)c1ccc(Oc2cccnc2)cc1. The van der Waals surface area contributed by atoms with Crippen molar-refractivity contribution < 1.29 is 18.3 Å². The molecule has 0 aliphatic rings. The van der Waals surface area contributed by atoms with Gasteiger partial charge in [-0.1, -0.05) is 12.1 Å². The maximum absolute atomic E-state index is 13.8. The van der Waals surface area contributed by atoms with E-state index in [2.05, 4.69) is 10.3 Å². The first-order valence-electron chi connectivity index (χ1n) is 9.13. The van der Waals surface area contributed by atoms with E-state index in [0.717, 1.165) is 0 Å². The summed E-state index contributed by atoms with van der Waals surface area (Å²) < 4.78 is 32.7. The number of aromatic nitrogens is 1. The fourth-order valence-corrected chi connectivity index (χ4v) is 2.91. The van der Waals surface area contributed by atoms with Gasteiger partial charge in [-0.3, -0.25) is 9.78 Å². The van der Waals surface area contributed by atoms with Gasteiger partial charge >= 0.3 is 0 Å². The zero-order chi connectivity index (χ0) is 20.9. The van der Waals surface area contributed by atoms with Crippen molar-refractivity contribution in [3.63, 3.8) is 0 Å². The van der Waals surface area contributed by atoms with Gasteiger partial charge in [0.05, 0.1) is 6.20 Å². The molecule has 0 aliphatic carbocycles. The van der Waals surface area contributed by atoms with Crippen LogP contribution in [0.15, 0.2) is 91.3 Å². The van der Waals surface area contributed by atoms with E-state index in [1.807, 2.05) is 0 Å². The van der Waals surface area contributed by atoms with Crippen LogP contribution in [0.2, 0.25) is 0 Å². The van der Waals surface area contributed by atoms with Gasteiger partial charge in [-0.05, 0) is 72.3 Å². The number of anilines is 1. The molecule has 0 bridgehead atoms. The molecular formula is C24H16F2N2O2. The summed E-state index contributed by atoms with van der Waals surface area (Å²) in [5.74, 6) is -0.0604. The van der Waals surface area contributed by atoms with Crippen LogP contribution in [0.1, 0.15) is 10.4 Å². The third-order valence-electron chi connectivity index (χ3n) is 4.37. The molecule has 0 aliphatic heterocycles. The third kappa shape index (κ3) is 4.50. The fourth-order valence-electron chi connectivity index (χ4n) is 2.91. The second-order valence-corrected chi connectivity index (χ2v) is 6.47. The number of hydrogen-bond acceptors (Lipinski definition) is 3. The molecule has 6 heteroatoms. The first-order valence-corrected chi connectivity index (χ1v) is 9.13. The molecule has 148 valence electrons. The Morgan fingerprint density at radius 2 is 1.57 bits per heavy atom. The number of benzene rings is 3. The van der Waals surface area contributed by atoms with E-state index in [-0.39, 0.29) is 5.91 Å². The van der Waals surface area contributed by atoms with E-state index in [9.17, 15) is 13.6 Å². The number of carbonyl (C=O) groups excluding carboxylic acids is 1. The molecule has 0 radical (unpaired) electrons. The summed E-state index contributed by atoms with van der Waals surface area (Å²) in [6.07, 6.45) is 3.24. The lowest BCUT2D eigenvalue weighted by molar-refractivity contribution is 0.102. The molecule has 0 atom stereocenters. The third-order valence-corrected chi connectivity index (χ3v) is 4.37. The lowest BCUT2D eigenvalue weighted by Crippen LogP contribution is -2.12. The van der Waals surface area contributed by atoms with Crippen molar-refractivity contribution in [2.45, 2.75) is 0 Å². The molecule has 1 aromatic heterocycles. The molecule has 0 fully saturated rings. The Bertz CT molecular complexity index is 1160. The van der Waals surface area contributed by atoms with Crippen LogP contribution in [0.5, 0.6) is 11.5 Å². The van der Waals surface area contributed by atoms with Crippen molar-refractivity contribution in [3.05, 3.63) is 108 Å². The van der Waals surface area contributed by atoms with E-state index in [4.69, 9.17) is 4.74 Å². The van der Waals surface area contributed by atoms with Gasteiger partial charge in [0.1, 0.15) is 23.1 Å². The molecule has 3 aromatic carbocycles. The van der Waals surface area contributed by atoms with Crippen molar-refractivity contribution in [2.75, 3.05) is 5.32 Å². The standard InChI is InChI=1S/C24H16F2N2O2/c25-18-7-3-16(4-8-18)22-14-19(26)9-12-23(22)28-24(29)17-5-10-20(11-6-17)30-21-2-1-13-27-15-21/h1-15H,(H,28,29). The van der Waals surface area contributed by atoms with Crippen LogP contribution in [0.25, 0.3) is 11.1 Å². The van der Waals surface area contributed by atoms with E-state index in [0.29, 0.717) is 33.9 Å². The molecule has 0 spiro atoms. The van der Waals surface area contributed by atoms with Gasteiger partial charge in [0.25, 0.3) is 5.91 Å². The van der Waals surface area contributed by atoms with Crippen molar-refractivity contribution >= 4 is 11.6 Å².